The molecule has 0 atom stereocenters. The highest BCUT2D eigenvalue weighted by Gasteiger charge is 2.10. The highest BCUT2D eigenvalue weighted by atomic mass is 127. The molecule has 0 aliphatic heterocycles. The van der Waals surface area contributed by atoms with Crippen molar-refractivity contribution >= 4 is 45.9 Å². The number of halogens is 2. The number of carbonyl (C=O) groups is 2. The molecule has 7 nitrogen and oxygen atoms in total. The quantitative estimate of drug-likeness (QED) is 0.377. The second-order valence-electron chi connectivity index (χ2n) is 6.55. The van der Waals surface area contributed by atoms with Gasteiger partial charge < -0.3 is 20.7 Å². The first kappa shape index (κ1) is 22.5. The predicted octanol–water partition coefficient (Wildman–Crippen LogP) is 5.26. The number of aryl methyl sites for hydroxylation is 1. The minimum atomic E-state index is -0.599. The van der Waals surface area contributed by atoms with Crippen molar-refractivity contribution in [1.82, 2.24) is 10.3 Å². The third-order valence-electron chi connectivity index (χ3n) is 4.32. The lowest BCUT2D eigenvalue weighted by Crippen LogP contribution is -2.20. The molecule has 31 heavy (non-hydrogen) atoms. The largest absolute Gasteiger partial charge is 0.457 e. The van der Waals surface area contributed by atoms with Crippen LogP contribution in [-0.4, -0.2) is 24.0 Å². The summed E-state index contributed by atoms with van der Waals surface area (Å²) in [5, 5.41) is 7.98. The maximum atomic E-state index is 13.0. The summed E-state index contributed by atoms with van der Waals surface area (Å²) >= 11 is 2.05. The molecule has 0 radical (unpaired) electrons. The van der Waals surface area contributed by atoms with Crippen LogP contribution in [0.4, 0.5) is 20.6 Å². The average Bonchev–Trinajstić information content (AvgIpc) is 2.76. The SMILES string of the molecule is CNC(=O)c1cc(Oc2ccc(NC(=O)Nc3ccc(I)c(CF)c3)c(C)c2)ccn1. The summed E-state index contributed by atoms with van der Waals surface area (Å²) in [7, 11) is 1.53. The highest BCUT2D eigenvalue weighted by molar-refractivity contribution is 14.1. The molecule has 0 spiro atoms. The summed E-state index contributed by atoms with van der Waals surface area (Å²) in [6.07, 6.45) is 1.49. The number of pyridine rings is 1. The standard InChI is InChI=1S/C22H20FIN4O3/c1-13-9-16(31-17-7-8-26-20(11-17)21(29)25-2)4-6-19(13)28-22(30)27-15-3-5-18(24)14(10-15)12-23/h3-11H,12H2,1-2H3,(H,25,29)(H2,27,28,30). The molecular weight excluding hydrogens is 514 g/mol. The monoisotopic (exact) mass is 534 g/mol. The lowest BCUT2D eigenvalue weighted by molar-refractivity contribution is 0.0958. The summed E-state index contributed by atoms with van der Waals surface area (Å²) in [6.45, 7) is 1.23. The van der Waals surface area contributed by atoms with E-state index in [4.69, 9.17) is 4.74 Å². The first-order valence-corrected chi connectivity index (χ1v) is 10.4. The van der Waals surface area contributed by atoms with Gasteiger partial charge in [0.15, 0.2) is 0 Å². The number of nitrogens with one attached hydrogen (secondary N) is 3. The molecule has 0 unspecified atom stereocenters. The van der Waals surface area contributed by atoms with Crippen molar-refractivity contribution in [2.24, 2.45) is 0 Å². The molecule has 2 aromatic carbocycles. The summed E-state index contributed by atoms with van der Waals surface area (Å²) in [6, 6.07) is 13.0. The molecule has 160 valence electrons. The lowest BCUT2D eigenvalue weighted by Gasteiger charge is -2.13. The fourth-order valence-corrected chi connectivity index (χ4v) is 3.22. The van der Waals surface area contributed by atoms with Gasteiger partial charge in [-0.3, -0.25) is 9.78 Å². The van der Waals surface area contributed by atoms with E-state index in [1.54, 1.807) is 48.5 Å². The lowest BCUT2D eigenvalue weighted by atomic mass is 10.2. The third-order valence-corrected chi connectivity index (χ3v) is 5.37. The van der Waals surface area contributed by atoms with E-state index < -0.39 is 12.7 Å². The minimum Gasteiger partial charge on any atom is -0.457 e. The van der Waals surface area contributed by atoms with Crippen molar-refractivity contribution in [2.75, 3.05) is 17.7 Å². The van der Waals surface area contributed by atoms with Crippen LogP contribution >= 0.6 is 22.6 Å². The van der Waals surface area contributed by atoms with Crippen LogP contribution in [0, 0.1) is 10.5 Å². The molecule has 9 heteroatoms. The number of aromatic nitrogens is 1. The van der Waals surface area contributed by atoms with E-state index in [1.165, 1.54) is 13.2 Å². The number of alkyl halides is 1. The molecule has 0 bridgehead atoms. The molecule has 3 N–H and O–H groups in total. The van der Waals surface area contributed by atoms with Crippen LogP contribution in [0.25, 0.3) is 0 Å². The number of amides is 3. The maximum absolute atomic E-state index is 13.0. The number of carbonyl (C=O) groups excluding carboxylic acids is 2. The topological polar surface area (TPSA) is 92.4 Å². The smallest absolute Gasteiger partial charge is 0.323 e. The van der Waals surface area contributed by atoms with Gasteiger partial charge >= 0.3 is 6.03 Å². The summed E-state index contributed by atoms with van der Waals surface area (Å²) in [5.74, 6) is 0.704. The van der Waals surface area contributed by atoms with E-state index in [0.29, 0.717) is 28.4 Å². The zero-order valence-corrected chi connectivity index (χ0v) is 19.0. The number of ether oxygens (including phenoxy) is 1. The molecule has 3 rings (SSSR count). The van der Waals surface area contributed by atoms with Gasteiger partial charge in [0, 0.05) is 34.3 Å². The first-order chi connectivity index (χ1) is 14.9. The van der Waals surface area contributed by atoms with E-state index in [0.717, 1.165) is 9.13 Å². The molecule has 3 amide bonds. The molecule has 3 aromatic rings. The van der Waals surface area contributed by atoms with Crippen molar-refractivity contribution < 1.29 is 18.7 Å². The van der Waals surface area contributed by atoms with Gasteiger partial charge in [-0.1, -0.05) is 0 Å². The van der Waals surface area contributed by atoms with Crippen LogP contribution in [0.15, 0.2) is 54.7 Å². The Morgan fingerprint density at radius 2 is 1.84 bits per heavy atom. The van der Waals surface area contributed by atoms with Crippen LogP contribution < -0.4 is 20.7 Å². The van der Waals surface area contributed by atoms with Gasteiger partial charge in [0.2, 0.25) is 0 Å². The molecule has 0 fully saturated rings. The van der Waals surface area contributed by atoms with Gasteiger partial charge in [-0.05, 0) is 83.1 Å². The number of benzene rings is 2. The highest BCUT2D eigenvalue weighted by Crippen LogP contribution is 2.26. The number of urea groups is 1. The van der Waals surface area contributed by atoms with Gasteiger partial charge in [0.25, 0.3) is 5.91 Å². The van der Waals surface area contributed by atoms with Crippen LogP contribution in [0.5, 0.6) is 11.5 Å². The maximum Gasteiger partial charge on any atom is 0.323 e. The van der Waals surface area contributed by atoms with Crippen LogP contribution in [-0.2, 0) is 6.67 Å². The van der Waals surface area contributed by atoms with E-state index >= 15 is 0 Å². The van der Waals surface area contributed by atoms with Gasteiger partial charge in [0.05, 0.1) is 0 Å². The van der Waals surface area contributed by atoms with Crippen LogP contribution in [0.3, 0.4) is 0 Å². The van der Waals surface area contributed by atoms with E-state index in [2.05, 4.69) is 20.9 Å². The van der Waals surface area contributed by atoms with E-state index in [1.807, 2.05) is 29.5 Å². The van der Waals surface area contributed by atoms with Crippen molar-refractivity contribution in [3.8, 4) is 11.5 Å². The number of hydrogen-bond acceptors (Lipinski definition) is 4. The molecule has 1 heterocycles. The molecule has 0 saturated heterocycles. The average molecular weight is 534 g/mol. The van der Waals surface area contributed by atoms with Crippen LogP contribution in [0.1, 0.15) is 21.6 Å². The Kier molecular flexibility index (Phi) is 7.40. The fraction of sp³-hybridized carbons (Fsp3) is 0.136. The van der Waals surface area contributed by atoms with Crippen molar-refractivity contribution in [1.29, 1.82) is 0 Å². The van der Waals surface area contributed by atoms with E-state index in [9.17, 15) is 14.0 Å². The second-order valence-corrected chi connectivity index (χ2v) is 7.72. The Labute approximate surface area is 192 Å². The minimum absolute atomic E-state index is 0.248. The summed E-state index contributed by atoms with van der Waals surface area (Å²) in [4.78, 5) is 28.0. The Bertz CT molecular complexity index is 1120. The van der Waals surface area contributed by atoms with Gasteiger partial charge in [-0.25, -0.2) is 9.18 Å². The number of nitrogens with zero attached hydrogens (tertiary/aromatic N) is 1. The molecule has 1 aromatic heterocycles. The molecule has 0 saturated carbocycles. The van der Waals surface area contributed by atoms with Gasteiger partial charge in [-0.15, -0.1) is 0 Å². The van der Waals surface area contributed by atoms with E-state index in [-0.39, 0.29) is 11.6 Å². The Balaban J connectivity index is 1.67. The van der Waals surface area contributed by atoms with Crippen molar-refractivity contribution in [3.63, 3.8) is 0 Å². The second kappa shape index (κ2) is 10.2. The molecular formula is C22H20FIN4O3. The Hall–Kier alpha value is -3.21. The Morgan fingerprint density at radius 1 is 1.06 bits per heavy atom. The first-order valence-electron chi connectivity index (χ1n) is 9.28. The number of rotatable bonds is 6. The number of anilines is 2. The van der Waals surface area contributed by atoms with Crippen LogP contribution in [0.2, 0.25) is 0 Å². The Morgan fingerprint density at radius 3 is 2.55 bits per heavy atom. The molecule has 0 aliphatic rings. The normalized spacial score (nSPS) is 10.3. The zero-order valence-electron chi connectivity index (χ0n) is 16.8. The summed E-state index contributed by atoms with van der Waals surface area (Å²) < 4.78 is 19.6. The third kappa shape index (κ3) is 5.91. The molecule has 0 aliphatic carbocycles. The van der Waals surface area contributed by atoms with Crippen molar-refractivity contribution in [2.45, 2.75) is 13.6 Å². The summed E-state index contributed by atoms with van der Waals surface area (Å²) in [5.41, 5.74) is 2.65. The zero-order chi connectivity index (χ0) is 22.4. The predicted molar refractivity (Wildman–Crippen MR) is 125 cm³/mol. The van der Waals surface area contributed by atoms with Gasteiger partial charge in [0.1, 0.15) is 23.9 Å². The number of hydrogen-bond donors (Lipinski definition) is 3. The fourth-order valence-electron chi connectivity index (χ4n) is 2.74. The van der Waals surface area contributed by atoms with Crippen molar-refractivity contribution in [3.05, 3.63) is 75.1 Å². The van der Waals surface area contributed by atoms with Gasteiger partial charge in [-0.2, -0.15) is 0 Å².